The predicted octanol–water partition coefficient (Wildman–Crippen LogP) is 4.93. The lowest BCUT2D eigenvalue weighted by atomic mass is 10.1. The van der Waals surface area contributed by atoms with Crippen LogP contribution in [0.3, 0.4) is 0 Å². The van der Waals surface area contributed by atoms with Crippen LogP contribution in [-0.2, 0) is 13.1 Å². The van der Waals surface area contributed by atoms with Crippen molar-refractivity contribution in [3.8, 4) is 11.3 Å². The van der Waals surface area contributed by atoms with Gasteiger partial charge >= 0.3 is 0 Å². The van der Waals surface area contributed by atoms with Gasteiger partial charge in [-0.05, 0) is 30.7 Å². The predicted molar refractivity (Wildman–Crippen MR) is 107 cm³/mol. The molecule has 2 aromatic carbocycles. The van der Waals surface area contributed by atoms with E-state index in [0.717, 1.165) is 40.6 Å². The molecular formula is C21H25ClN4. The summed E-state index contributed by atoms with van der Waals surface area (Å²) in [7, 11) is 0. The van der Waals surface area contributed by atoms with Crippen molar-refractivity contribution >= 4 is 11.6 Å². The number of nitrogens with zero attached hydrogens (tertiary/aromatic N) is 3. The number of rotatable bonds is 9. The minimum Gasteiger partial charge on any atom is -0.311 e. The monoisotopic (exact) mass is 368 g/mol. The van der Waals surface area contributed by atoms with E-state index >= 15 is 0 Å². The normalized spacial score (nSPS) is 11.0. The molecule has 0 fully saturated rings. The van der Waals surface area contributed by atoms with Crippen LogP contribution in [0.4, 0.5) is 0 Å². The molecule has 1 N–H and O–H groups in total. The van der Waals surface area contributed by atoms with Crippen molar-refractivity contribution in [1.82, 2.24) is 20.3 Å². The van der Waals surface area contributed by atoms with Gasteiger partial charge in [0.2, 0.25) is 0 Å². The maximum atomic E-state index is 6.09. The van der Waals surface area contributed by atoms with Gasteiger partial charge in [-0.1, -0.05) is 73.8 Å². The number of unbranched alkanes of at least 4 members (excludes halogenated alkanes) is 2. The van der Waals surface area contributed by atoms with E-state index in [-0.39, 0.29) is 0 Å². The molecule has 0 spiro atoms. The molecule has 0 radical (unpaired) electrons. The van der Waals surface area contributed by atoms with Crippen LogP contribution in [0.2, 0.25) is 5.02 Å². The summed E-state index contributed by atoms with van der Waals surface area (Å²) in [6, 6.07) is 18.1. The fourth-order valence-electron chi connectivity index (χ4n) is 2.90. The van der Waals surface area contributed by atoms with Gasteiger partial charge in [0.1, 0.15) is 11.4 Å². The summed E-state index contributed by atoms with van der Waals surface area (Å²) in [5.74, 6) is 0. The number of hydrogen-bond donors (Lipinski definition) is 1. The number of halogens is 1. The van der Waals surface area contributed by atoms with Gasteiger partial charge in [0, 0.05) is 17.1 Å². The zero-order valence-corrected chi connectivity index (χ0v) is 15.9. The van der Waals surface area contributed by atoms with Crippen LogP contribution in [0.15, 0.2) is 54.6 Å². The van der Waals surface area contributed by atoms with E-state index in [1.807, 2.05) is 42.5 Å². The van der Waals surface area contributed by atoms with Gasteiger partial charge in [0.05, 0.1) is 6.54 Å². The van der Waals surface area contributed by atoms with E-state index < -0.39 is 0 Å². The topological polar surface area (TPSA) is 42.7 Å². The van der Waals surface area contributed by atoms with Crippen LogP contribution >= 0.6 is 11.6 Å². The van der Waals surface area contributed by atoms with E-state index in [1.54, 1.807) is 4.80 Å². The Balaban J connectivity index is 1.78. The first-order valence-corrected chi connectivity index (χ1v) is 9.58. The van der Waals surface area contributed by atoms with E-state index in [9.17, 15) is 0 Å². The maximum Gasteiger partial charge on any atom is 0.117 e. The smallest absolute Gasteiger partial charge is 0.117 e. The SMILES string of the molecule is CCCCCNCc1nn(Cc2cccc(Cl)c2)nc1-c1ccccc1. The molecule has 0 saturated carbocycles. The molecule has 3 rings (SSSR count). The second-order valence-corrected chi connectivity index (χ2v) is 6.84. The first-order chi connectivity index (χ1) is 12.8. The van der Waals surface area contributed by atoms with Crippen molar-refractivity contribution in [3.63, 3.8) is 0 Å². The second kappa shape index (κ2) is 9.51. The highest BCUT2D eigenvalue weighted by Gasteiger charge is 2.13. The lowest BCUT2D eigenvalue weighted by Crippen LogP contribution is -2.16. The van der Waals surface area contributed by atoms with Crippen LogP contribution in [0.5, 0.6) is 0 Å². The van der Waals surface area contributed by atoms with Crippen LogP contribution < -0.4 is 5.32 Å². The zero-order chi connectivity index (χ0) is 18.2. The van der Waals surface area contributed by atoms with Crippen molar-refractivity contribution in [2.75, 3.05) is 6.54 Å². The Morgan fingerprint density at radius 3 is 2.62 bits per heavy atom. The molecule has 0 aliphatic carbocycles. The molecule has 136 valence electrons. The second-order valence-electron chi connectivity index (χ2n) is 6.41. The Hall–Kier alpha value is -2.17. The Bertz CT molecular complexity index is 814. The van der Waals surface area contributed by atoms with Crippen LogP contribution in [0.1, 0.15) is 37.4 Å². The quantitative estimate of drug-likeness (QED) is 0.545. The highest BCUT2D eigenvalue weighted by Crippen LogP contribution is 2.20. The molecule has 0 aliphatic rings. The van der Waals surface area contributed by atoms with E-state index in [4.69, 9.17) is 21.8 Å². The molecular weight excluding hydrogens is 344 g/mol. The highest BCUT2D eigenvalue weighted by molar-refractivity contribution is 6.30. The Kier molecular flexibility index (Phi) is 6.81. The van der Waals surface area contributed by atoms with Gasteiger partial charge in [-0.3, -0.25) is 0 Å². The number of aromatic nitrogens is 3. The first kappa shape index (κ1) is 18.6. The molecule has 0 bridgehead atoms. The molecule has 5 heteroatoms. The van der Waals surface area contributed by atoms with Gasteiger partial charge < -0.3 is 5.32 Å². The van der Waals surface area contributed by atoms with Crippen molar-refractivity contribution in [2.45, 2.75) is 39.3 Å². The molecule has 0 aliphatic heterocycles. The largest absolute Gasteiger partial charge is 0.311 e. The average Bonchev–Trinajstić information content (AvgIpc) is 3.05. The molecule has 0 saturated heterocycles. The lowest BCUT2D eigenvalue weighted by molar-refractivity contribution is 0.569. The van der Waals surface area contributed by atoms with Gasteiger partial charge in [-0.2, -0.15) is 15.0 Å². The molecule has 1 heterocycles. The van der Waals surface area contributed by atoms with E-state index in [2.05, 4.69) is 24.4 Å². The van der Waals surface area contributed by atoms with Gasteiger partial charge in [0.25, 0.3) is 0 Å². The van der Waals surface area contributed by atoms with E-state index in [1.165, 1.54) is 19.3 Å². The standard InChI is InChI=1S/C21H25ClN4/c1-2-3-7-13-23-15-20-21(18-10-5-4-6-11-18)25-26(24-20)16-17-9-8-12-19(22)14-17/h4-6,8-12,14,23H,2-3,7,13,15-16H2,1H3. The van der Waals surface area contributed by atoms with Gasteiger partial charge in [-0.25, -0.2) is 0 Å². The molecule has 0 unspecified atom stereocenters. The molecule has 1 aromatic heterocycles. The fourth-order valence-corrected chi connectivity index (χ4v) is 3.11. The third-order valence-electron chi connectivity index (χ3n) is 4.23. The van der Waals surface area contributed by atoms with E-state index in [0.29, 0.717) is 6.54 Å². The maximum absolute atomic E-state index is 6.09. The Labute approximate surface area is 160 Å². The van der Waals surface area contributed by atoms with Crippen molar-refractivity contribution < 1.29 is 0 Å². The van der Waals surface area contributed by atoms with Crippen molar-refractivity contribution in [2.24, 2.45) is 0 Å². The summed E-state index contributed by atoms with van der Waals surface area (Å²) < 4.78 is 0. The minimum absolute atomic E-state index is 0.607. The summed E-state index contributed by atoms with van der Waals surface area (Å²) in [6.07, 6.45) is 3.67. The summed E-state index contributed by atoms with van der Waals surface area (Å²) in [6.45, 7) is 4.55. The van der Waals surface area contributed by atoms with Crippen LogP contribution in [0.25, 0.3) is 11.3 Å². The van der Waals surface area contributed by atoms with Gasteiger partial charge in [-0.15, -0.1) is 0 Å². The number of benzene rings is 2. The third kappa shape index (κ3) is 5.16. The van der Waals surface area contributed by atoms with Crippen molar-refractivity contribution in [3.05, 3.63) is 70.9 Å². The van der Waals surface area contributed by atoms with Crippen LogP contribution in [-0.4, -0.2) is 21.5 Å². The Morgan fingerprint density at radius 1 is 1.00 bits per heavy atom. The molecule has 0 atom stereocenters. The highest BCUT2D eigenvalue weighted by atomic mass is 35.5. The molecule has 26 heavy (non-hydrogen) atoms. The molecule has 4 nitrogen and oxygen atoms in total. The summed E-state index contributed by atoms with van der Waals surface area (Å²) in [4.78, 5) is 1.76. The fraction of sp³-hybridized carbons (Fsp3) is 0.333. The van der Waals surface area contributed by atoms with Crippen molar-refractivity contribution in [1.29, 1.82) is 0 Å². The lowest BCUT2D eigenvalue weighted by Gasteiger charge is -2.03. The zero-order valence-electron chi connectivity index (χ0n) is 15.2. The minimum atomic E-state index is 0.607. The summed E-state index contributed by atoms with van der Waals surface area (Å²) in [5, 5.41) is 13.7. The molecule has 3 aromatic rings. The number of nitrogens with one attached hydrogen (secondary N) is 1. The summed E-state index contributed by atoms with van der Waals surface area (Å²) >= 11 is 6.09. The van der Waals surface area contributed by atoms with Gasteiger partial charge in [0.15, 0.2) is 0 Å². The third-order valence-corrected chi connectivity index (χ3v) is 4.47. The average molecular weight is 369 g/mol. The first-order valence-electron chi connectivity index (χ1n) is 9.21. The molecule has 0 amide bonds. The Morgan fingerprint density at radius 2 is 1.85 bits per heavy atom. The van der Waals surface area contributed by atoms with Crippen LogP contribution in [0, 0.1) is 0 Å². The summed E-state index contributed by atoms with van der Waals surface area (Å²) in [5.41, 5.74) is 4.11. The number of hydrogen-bond acceptors (Lipinski definition) is 3.